The number of ether oxygens (including phenoxy) is 3. The SMILES string of the molecule is C[C@]12CCC3C(CC[C@H]4C[C@@H](OC(=O)CN5CCOCC5)CC[C@]34C)C1CC[C@@H]2NC(=O)CN1CCOCC1. The monoisotopic (exact) mass is 545 g/mol. The van der Waals surface area contributed by atoms with Gasteiger partial charge in [-0.2, -0.15) is 0 Å². The lowest BCUT2D eigenvalue weighted by atomic mass is 9.45. The molecule has 0 spiro atoms. The van der Waals surface area contributed by atoms with E-state index in [0.717, 1.165) is 70.5 Å². The van der Waals surface area contributed by atoms with E-state index < -0.39 is 0 Å². The number of rotatable bonds is 6. The molecule has 8 nitrogen and oxygen atoms in total. The van der Waals surface area contributed by atoms with Gasteiger partial charge in [-0.25, -0.2) is 0 Å². The fourth-order valence-electron chi connectivity index (χ4n) is 9.93. The molecule has 6 aliphatic rings. The van der Waals surface area contributed by atoms with E-state index in [0.29, 0.717) is 49.6 Å². The van der Waals surface area contributed by atoms with E-state index in [2.05, 4.69) is 29.0 Å². The largest absolute Gasteiger partial charge is 0.461 e. The van der Waals surface area contributed by atoms with Crippen LogP contribution in [0.3, 0.4) is 0 Å². The number of nitrogens with one attached hydrogen (secondary N) is 1. The molecule has 39 heavy (non-hydrogen) atoms. The van der Waals surface area contributed by atoms with Crippen LogP contribution in [0.2, 0.25) is 0 Å². The first-order valence-electron chi connectivity index (χ1n) is 15.9. The third kappa shape index (κ3) is 5.64. The minimum absolute atomic E-state index is 0.0553. The van der Waals surface area contributed by atoms with Crippen molar-refractivity contribution in [2.24, 2.45) is 34.5 Å². The molecule has 4 aliphatic carbocycles. The fourth-order valence-corrected chi connectivity index (χ4v) is 9.93. The third-order valence-corrected chi connectivity index (χ3v) is 12.2. The number of morpholine rings is 2. The molecule has 6 rings (SSSR count). The summed E-state index contributed by atoms with van der Waals surface area (Å²) in [5.41, 5.74) is 0.576. The topological polar surface area (TPSA) is 80.3 Å². The molecule has 3 unspecified atom stereocenters. The van der Waals surface area contributed by atoms with Gasteiger partial charge in [0.05, 0.1) is 39.5 Å². The molecule has 4 saturated carbocycles. The van der Waals surface area contributed by atoms with Crippen LogP contribution in [0, 0.1) is 34.5 Å². The van der Waals surface area contributed by atoms with Crippen molar-refractivity contribution >= 4 is 11.9 Å². The molecule has 8 heteroatoms. The van der Waals surface area contributed by atoms with E-state index >= 15 is 0 Å². The van der Waals surface area contributed by atoms with Crippen molar-refractivity contribution in [2.45, 2.75) is 83.8 Å². The quantitative estimate of drug-likeness (QED) is 0.514. The zero-order chi connectivity index (χ0) is 27.0. The molecule has 0 radical (unpaired) electrons. The normalized spacial score (nSPS) is 43.1. The number of carbonyl (C=O) groups is 2. The summed E-state index contributed by atoms with van der Waals surface area (Å²) in [6.07, 6.45) is 10.7. The van der Waals surface area contributed by atoms with E-state index in [9.17, 15) is 9.59 Å². The number of hydrogen-bond donors (Lipinski definition) is 1. The summed E-state index contributed by atoms with van der Waals surface area (Å²) in [5, 5.41) is 3.50. The van der Waals surface area contributed by atoms with Crippen LogP contribution in [0.25, 0.3) is 0 Å². The molecule has 220 valence electrons. The van der Waals surface area contributed by atoms with Gasteiger partial charge >= 0.3 is 5.97 Å². The Morgan fingerprint density at radius 1 is 0.795 bits per heavy atom. The smallest absolute Gasteiger partial charge is 0.320 e. The summed E-state index contributed by atoms with van der Waals surface area (Å²) < 4.78 is 16.9. The van der Waals surface area contributed by atoms with Gasteiger partial charge in [0.25, 0.3) is 0 Å². The van der Waals surface area contributed by atoms with Gasteiger partial charge in [0.2, 0.25) is 5.91 Å². The molecule has 2 saturated heterocycles. The number of esters is 1. The summed E-state index contributed by atoms with van der Waals surface area (Å²) >= 11 is 0. The van der Waals surface area contributed by atoms with Crippen LogP contribution in [0.15, 0.2) is 0 Å². The molecule has 0 bridgehead atoms. The van der Waals surface area contributed by atoms with E-state index in [1.165, 1.54) is 38.5 Å². The fraction of sp³-hybridized carbons (Fsp3) is 0.935. The second kappa shape index (κ2) is 11.6. The lowest BCUT2D eigenvalue weighted by Gasteiger charge is -2.61. The summed E-state index contributed by atoms with van der Waals surface area (Å²) in [5.74, 6) is 3.05. The first-order valence-corrected chi connectivity index (χ1v) is 15.9. The molecular formula is C31H51N3O5. The van der Waals surface area contributed by atoms with E-state index in [1.807, 2.05) is 0 Å². The Hall–Kier alpha value is -1.22. The number of amides is 1. The minimum atomic E-state index is -0.0553. The van der Waals surface area contributed by atoms with Crippen LogP contribution in [-0.4, -0.2) is 99.5 Å². The van der Waals surface area contributed by atoms with Crippen LogP contribution in [0.1, 0.15) is 71.6 Å². The molecule has 1 N–H and O–H groups in total. The Balaban J connectivity index is 1.04. The highest BCUT2D eigenvalue weighted by molar-refractivity contribution is 5.78. The molecular weight excluding hydrogens is 494 g/mol. The average molecular weight is 546 g/mol. The van der Waals surface area contributed by atoms with Crippen LogP contribution in [-0.2, 0) is 23.8 Å². The second-order valence-corrected chi connectivity index (χ2v) is 14.1. The molecule has 8 atom stereocenters. The lowest BCUT2D eigenvalue weighted by Crippen LogP contribution is -2.57. The molecule has 0 aromatic rings. The van der Waals surface area contributed by atoms with Crippen molar-refractivity contribution < 1.29 is 23.8 Å². The van der Waals surface area contributed by atoms with Gasteiger partial charge in [0.15, 0.2) is 0 Å². The highest BCUT2D eigenvalue weighted by Gasteiger charge is 2.60. The molecule has 0 aromatic heterocycles. The van der Waals surface area contributed by atoms with Crippen molar-refractivity contribution in [1.82, 2.24) is 15.1 Å². The maximum atomic E-state index is 13.0. The highest BCUT2D eigenvalue weighted by atomic mass is 16.5. The first-order chi connectivity index (χ1) is 18.8. The van der Waals surface area contributed by atoms with Crippen molar-refractivity contribution in [3.8, 4) is 0 Å². The standard InChI is InChI=1S/C31H51N3O5/c1-30-9-7-23(39-29(36)21-34-13-17-38-18-14-34)19-22(30)3-4-24-25-5-6-27(31(25,2)10-8-26(24)30)32-28(35)20-33-11-15-37-16-12-33/h22-27H,3-21H2,1-2H3,(H,32,35)/t22-,23-,24?,25?,26?,27-,30-,31-/m0/s1. The Bertz CT molecular complexity index is 889. The Kier molecular flexibility index (Phi) is 8.29. The van der Waals surface area contributed by atoms with Crippen molar-refractivity contribution in [3.63, 3.8) is 0 Å². The second-order valence-electron chi connectivity index (χ2n) is 14.1. The van der Waals surface area contributed by atoms with Crippen LogP contribution >= 0.6 is 0 Å². The Labute approximate surface area is 234 Å². The average Bonchev–Trinajstić information content (AvgIpc) is 3.26. The maximum absolute atomic E-state index is 13.0. The predicted molar refractivity (Wildman–Crippen MR) is 148 cm³/mol. The molecule has 1 amide bonds. The Morgan fingerprint density at radius 3 is 2.15 bits per heavy atom. The van der Waals surface area contributed by atoms with Gasteiger partial charge in [-0.05, 0) is 92.3 Å². The summed E-state index contributed by atoms with van der Waals surface area (Å²) in [6.45, 7) is 12.2. The van der Waals surface area contributed by atoms with Gasteiger partial charge in [0, 0.05) is 32.2 Å². The first kappa shape index (κ1) is 27.9. The van der Waals surface area contributed by atoms with Crippen LogP contribution < -0.4 is 5.32 Å². The lowest BCUT2D eigenvalue weighted by molar-refractivity contribution is -0.163. The third-order valence-electron chi connectivity index (χ3n) is 12.2. The minimum Gasteiger partial charge on any atom is -0.461 e. The van der Waals surface area contributed by atoms with Gasteiger partial charge < -0.3 is 19.5 Å². The van der Waals surface area contributed by atoms with Gasteiger partial charge in [0.1, 0.15) is 6.10 Å². The van der Waals surface area contributed by atoms with Crippen molar-refractivity contribution in [2.75, 3.05) is 65.7 Å². The van der Waals surface area contributed by atoms with E-state index in [-0.39, 0.29) is 23.4 Å². The van der Waals surface area contributed by atoms with Crippen LogP contribution in [0.4, 0.5) is 0 Å². The van der Waals surface area contributed by atoms with E-state index in [1.54, 1.807) is 0 Å². The van der Waals surface area contributed by atoms with Gasteiger partial charge in [-0.3, -0.25) is 19.4 Å². The number of fused-ring (bicyclic) bond motifs is 5. The maximum Gasteiger partial charge on any atom is 0.320 e. The summed E-state index contributed by atoms with van der Waals surface area (Å²) in [7, 11) is 0. The summed E-state index contributed by atoms with van der Waals surface area (Å²) in [4.78, 5) is 30.1. The number of carbonyl (C=O) groups excluding carboxylic acids is 2. The van der Waals surface area contributed by atoms with Crippen molar-refractivity contribution in [1.29, 1.82) is 0 Å². The molecule has 0 aromatic carbocycles. The van der Waals surface area contributed by atoms with Gasteiger partial charge in [-0.1, -0.05) is 13.8 Å². The predicted octanol–water partition coefficient (Wildman–Crippen LogP) is 3.09. The van der Waals surface area contributed by atoms with Crippen LogP contribution in [0.5, 0.6) is 0 Å². The Morgan fingerprint density at radius 2 is 1.44 bits per heavy atom. The van der Waals surface area contributed by atoms with Gasteiger partial charge in [-0.15, -0.1) is 0 Å². The van der Waals surface area contributed by atoms with E-state index in [4.69, 9.17) is 14.2 Å². The molecule has 2 aliphatic heterocycles. The number of nitrogens with zero attached hydrogens (tertiary/aromatic N) is 2. The highest BCUT2D eigenvalue weighted by Crippen LogP contribution is 2.66. The zero-order valence-electron chi connectivity index (χ0n) is 24.3. The molecule has 6 fully saturated rings. The molecule has 2 heterocycles. The van der Waals surface area contributed by atoms with Crippen molar-refractivity contribution in [3.05, 3.63) is 0 Å². The zero-order valence-corrected chi connectivity index (χ0v) is 24.3. The summed E-state index contributed by atoms with van der Waals surface area (Å²) in [6, 6.07) is 0.309. The number of hydrogen-bond acceptors (Lipinski definition) is 7.